The van der Waals surface area contributed by atoms with Crippen molar-refractivity contribution >= 4 is 22.6 Å². The minimum absolute atomic E-state index is 0.247. The standard InChI is InChI=1S/C23H30N6O2/c1-16-17(2)24-15-25-23(16)28-10-8-27(9-11-28)14-22-26-20-6-5-18(12-21(20)31-22)29-7-3-4-19(30)13-29/h5-6,12,15,19,30H,3-4,7-11,13-14H2,1-2H3/t19-/m0/s1. The van der Waals surface area contributed by atoms with Crippen molar-refractivity contribution in [3.8, 4) is 0 Å². The third-order valence-corrected chi connectivity index (χ3v) is 6.52. The molecule has 2 aromatic heterocycles. The lowest BCUT2D eigenvalue weighted by Crippen LogP contribution is -2.46. The van der Waals surface area contributed by atoms with Gasteiger partial charge in [0.25, 0.3) is 0 Å². The molecule has 1 atom stereocenters. The molecule has 2 saturated heterocycles. The summed E-state index contributed by atoms with van der Waals surface area (Å²) < 4.78 is 6.10. The van der Waals surface area contributed by atoms with E-state index in [1.807, 2.05) is 13.0 Å². The molecule has 0 radical (unpaired) electrons. The smallest absolute Gasteiger partial charge is 0.209 e. The zero-order valence-corrected chi connectivity index (χ0v) is 18.3. The van der Waals surface area contributed by atoms with Crippen molar-refractivity contribution in [3.63, 3.8) is 0 Å². The van der Waals surface area contributed by atoms with Crippen LogP contribution < -0.4 is 9.80 Å². The van der Waals surface area contributed by atoms with Gasteiger partial charge in [-0.25, -0.2) is 15.0 Å². The molecule has 5 rings (SSSR count). The lowest BCUT2D eigenvalue weighted by Gasteiger charge is -2.35. The van der Waals surface area contributed by atoms with Crippen LogP contribution in [0.15, 0.2) is 28.9 Å². The predicted octanol–water partition coefficient (Wildman–Crippen LogP) is 2.52. The Balaban J connectivity index is 1.23. The van der Waals surface area contributed by atoms with Gasteiger partial charge in [-0.1, -0.05) is 0 Å². The molecule has 2 aliphatic heterocycles. The van der Waals surface area contributed by atoms with Gasteiger partial charge in [0.05, 0.1) is 12.6 Å². The highest BCUT2D eigenvalue weighted by atomic mass is 16.3. The number of aromatic nitrogens is 3. The van der Waals surface area contributed by atoms with Gasteiger partial charge in [0.15, 0.2) is 5.58 Å². The first kappa shape index (κ1) is 20.2. The largest absolute Gasteiger partial charge is 0.439 e. The van der Waals surface area contributed by atoms with Gasteiger partial charge in [-0.3, -0.25) is 4.90 Å². The SMILES string of the molecule is Cc1ncnc(N2CCN(Cc3nc4ccc(N5CCC[C@H](O)C5)cc4o3)CC2)c1C. The van der Waals surface area contributed by atoms with Crippen LogP contribution in [0.25, 0.3) is 11.1 Å². The first-order valence-corrected chi connectivity index (χ1v) is 11.1. The number of aryl methyl sites for hydroxylation is 1. The maximum atomic E-state index is 9.97. The highest BCUT2D eigenvalue weighted by Gasteiger charge is 2.22. The summed E-state index contributed by atoms with van der Waals surface area (Å²) >= 11 is 0. The van der Waals surface area contributed by atoms with E-state index in [4.69, 9.17) is 9.40 Å². The quantitative estimate of drug-likeness (QED) is 0.687. The summed E-state index contributed by atoms with van der Waals surface area (Å²) in [4.78, 5) is 20.4. The topological polar surface area (TPSA) is 81.8 Å². The Labute approximate surface area is 182 Å². The van der Waals surface area contributed by atoms with Crippen LogP contribution >= 0.6 is 0 Å². The average Bonchev–Trinajstić information content (AvgIpc) is 3.18. The van der Waals surface area contributed by atoms with E-state index in [0.717, 1.165) is 85.3 Å². The van der Waals surface area contributed by atoms with Gasteiger partial charge >= 0.3 is 0 Å². The minimum Gasteiger partial charge on any atom is -0.439 e. The van der Waals surface area contributed by atoms with Crippen molar-refractivity contribution in [1.82, 2.24) is 19.9 Å². The normalized spacial score (nSPS) is 20.5. The van der Waals surface area contributed by atoms with E-state index >= 15 is 0 Å². The van der Waals surface area contributed by atoms with Gasteiger partial charge in [0, 0.05) is 62.3 Å². The van der Waals surface area contributed by atoms with Gasteiger partial charge in [0.1, 0.15) is 17.7 Å². The predicted molar refractivity (Wildman–Crippen MR) is 120 cm³/mol. The fourth-order valence-electron chi connectivity index (χ4n) is 4.57. The zero-order valence-electron chi connectivity index (χ0n) is 18.3. The summed E-state index contributed by atoms with van der Waals surface area (Å²) in [6, 6.07) is 6.16. The van der Waals surface area contributed by atoms with E-state index in [-0.39, 0.29) is 6.10 Å². The number of fused-ring (bicyclic) bond motifs is 1. The summed E-state index contributed by atoms with van der Waals surface area (Å²) in [5.41, 5.74) is 5.00. The number of piperazine rings is 1. The van der Waals surface area contributed by atoms with Crippen LogP contribution in [0.2, 0.25) is 0 Å². The number of β-amino-alcohol motifs (C(OH)–C–C–N with tert-alkyl or cyclic N) is 1. The number of piperidine rings is 1. The van der Waals surface area contributed by atoms with Crippen LogP contribution in [-0.4, -0.2) is 70.3 Å². The molecule has 0 amide bonds. The zero-order chi connectivity index (χ0) is 21.4. The Morgan fingerprint density at radius 1 is 1.06 bits per heavy atom. The average molecular weight is 423 g/mol. The highest BCUT2D eigenvalue weighted by Crippen LogP contribution is 2.26. The second-order valence-corrected chi connectivity index (χ2v) is 8.67. The number of anilines is 2. The number of rotatable bonds is 4. The molecule has 164 valence electrons. The molecule has 1 aromatic carbocycles. The number of aliphatic hydroxyl groups excluding tert-OH is 1. The number of benzene rings is 1. The molecule has 0 bridgehead atoms. The highest BCUT2D eigenvalue weighted by molar-refractivity contribution is 5.77. The fourth-order valence-corrected chi connectivity index (χ4v) is 4.57. The van der Waals surface area contributed by atoms with Crippen molar-refractivity contribution in [2.75, 3.05) is 49.1 Å². The number of aliphatic hydroxyl groups is 1. The molecule has 8 nitrogen and oxygen atoms in total. The Bertz CT molecular complexity index is 1060. The first-order valence-electron chi connectivity index (χ1n) is 11.1. The van der Waals surface area contributed by atoms with Crippen molar-refractivity contribution in [1.29, 1.82) is 0 Å². The Hall–Kier alpha value is -2.71. The van der Waals surface area contributed by atoms with Gasteiger partial charge in [-0.05, 0) is 38.8 Å². The van der Waals surface area contributed by atoms with E-state index in [1.165, 1.54) is 0 Å². The summed E-state index contributed by atoms with van der Waals surface area (Å²) in [6.07, 6.45) is 3.31. The van der Waals surface area contributed by atoms with E-state index in [1.54, 1.807) is 6.33 Å². The minimum atomic E-state index is -0.247. The summed E-state index contributed by atoms with van der Waals surface area (Å²) in [6.45, 7) is 10.2. The molecular formula is C23H30N6O2. The maximum absolute atomic E-state index is 9.97. The van der Waals surface area contributed by atoms with E-state index in [9.17, 15) is 5.11 Å². The van der Waals surface area contributed by atoms with E-state index in [2.05, 4.69) is 43.7 Å². The van der Waals surface area contributed by atoms with Crippen LogP contribution in [0.4, 0.5) is 11.5 Å². The van der Waals surface area contributed by atoms with Crippen LogP contribution in [0.3, 0.4) is 0 Å². The summed E-state index contributed by atoms with van der Waals surface area (Å²) in [5.74, 6) is 1.80. The van der Waals surface area contributed by atoms with Gasteiger partial charge in [0.2, 0.25) is 5.89 Å². The first-order chi connectivity index (χ1) is 15.1. The molecule has 8 heteroatoms. The Morgan fingerprint density at radius 2 is 1.90 bits per heavy atom. The van der Waals surface area contributed by atoms with E-state index in [0.29, 0.717) is 13.1 Å². The van der Waals surface area contributed by atoms with E-state index < -0.39 is 0 Å². The molecule has 2 fully saturated rings. The van der Waals surface area contributed by atoms with Crippen molar-refractivity contribution in [3.05, 3.63) is 41.7 Å². The molecule has 1 N–H and O–H groups in total. The van der Waals surface area contributed by atoms with Gasteiger partial charge < -0.3 is 19.3 Å². The fraction of sp³-hybridized carbons (Fsp3) is 0.522. The molecule has 0 saturated carbocycles. The molecule has 3 aromatic rings. The molecule has 0 unspecified atom stereocenters. The third kappa shape index (κ3) is 4.22. The van der Waals surface area contributed by atoms with Gasteiger partial charge in [-0.2, -0.15) is 0 Å². The van der Waals surface area contributed by atoms with Crippen LogP contribution in [0.5, 0.6) is 0 Å². The molecule has 0 aliphatic carbocycles. The van der Waals surface area contributed by atoms with Crippen LogP contribution in [0, 0.1) is 13.8 Å². The Morgan fingerprint density at radius 3 is 2.71 bits per heavy atom. The second kappa shape index (κ2) is 8.43. The number of hydrogen-bond acceptors (Lipinski definition) is 8. The second-order valence-electron chi connectivity index (χ2n) is 8.67. The molecule has 2 aliphatic rings. The van der Waals surface area contributed by atoms with Crippen molar-refractivity contribution in [2.24, 2.45) is 0 Å². The monoisotopic (exact) mass is 422 g/mol. The number of hydrogen-bond donors (Lipinski definition) is 1. The Kier molecular flexibility index (Phi) is 5.50. The molecular weight excluding hydrogens is 392 g/mol. The van der Waals surface area contributed by atoms with Gasteiger partial charge in [-0.15, -0.1) is 0 Å². The third-order valence-electron chi connectivity index (χ3n) is 6.52. The molecule has 0 spiro atoms. The van der Waals surface area contributed by atoms with Crippen molar-refractivity contribution < 1.29 is 9.52 Å². The summed E-state index contributed by atoms with van der Waals surface area (Å²) in [5, 5.41) is 9.97. The summed E-state index contributed by atoms with van der Waals surface area (Å²) in [7, 11) is 0. The maximum Gasteiger partial charge on any atom is 0.209 e. The van der Waals surface area contributed by atoms with Crippen molar-refractivity contribution in [2.45, 2.75) is 39.3 Å². The molecule has 4 heterocycles. The van der Waals surface area contributed by atoms with Crippen LogP contribution in [-0.2, 0) is 6.54 Å². The lowest BCUT2D eigenvalue weighted by atomic mass is 10.1. The number of nitrogens with zero attached hydrogens (tertiary/aromatic N) is 6. The lowest BCUT2D eigenvalue weighted by molar-refractivity contribution is 0.154. The van der Waals surface area contributed by atoms with Crippen LogP contribution in [0.1, 0.15) is 30.0 Å². The number of oxazole rings is 1. The molecule has 31 heavy (non-hydrogen) atoms.